The van der Waals surface area contributed by atoms with Crippen molar-refractivity contribution in [2.75, 3.05) is 72.6 Å². The number of hydrazone groups is 1. The summed E-state index contributed by atoms with van der Waals surface area (Å²) in [6.45, 7) is 1.41. The molecule has 14 nitrogen and oxygen atoms in total. The lowest BCUT2D eigenvalue weighted by molar-refractivity contribution is -0.256. The fourth-order valence-electron chi connectivity index (χ4n) is 3.67. The summed E-state index contributed by atoms with van der Waals surface area (Å²) in [6, 6.07) is 0. The van der Waals surface area contributed by atoms with Gasteiger partial charge in [-0.15, -0.1) is 0 Å². The second-order valence-corrected chi connectivity index (χ2v) is 9.43. The third kappa shape index (κ3) is 13.5. The van der Waals surface area contributed by atoms with Crippen molar-refractivity contribution in [3.05, 3.63) is 29.1 Å². The fourth-order valence-corrected chi connectivity index (χ4v) is 3.67. The van der Waals surface area contributed by atoms with E-state index in [1.54, 1.807) is 0 Å². The van der Waals surface area contributed by atoms with E-state index in [1.165, 1.54) is 6.21 Å². The normalized spacial score (nSPS) is 20.5. The van der Waals surface area contributed by atoms with Gasteiger partial charge in [-0.2, -0.15) is 13.9 Å². The van der Waals surface area contributed by atoms with Gasteiger partial charge in [-0.05, 0) is 0 Å². The van der Waals surface area contributed by atoms with Crippen molar-refractivity contribution in [1.82, 2.24) is 0 Å². The Morgan fingerprint density at radius 3 is 1.93 bits per heavy atom. The Balaban J connectivity index is 1.41. The van der Waals surface area contributed by atoms with Crippen LogP contribution in [0.25, 0.3) is 0 Å². The molecule has 1 aromatic carbocycles. The number of nitrogens with zero attached hydrogens (tertiary/aromatic N) is 2. The quantitative estimate of drug-likeness (QED) is 0.0152. The first-order valence-electron chi connectivity index (χ1n) is 14.1. The molecule has 19 heteroatoms. The van der Waals surface area contributed by atoms with Crippen LogP contribution in [0.3, 0.4) is 0 Å². The molecule has 46 heavy (non-hydrogen) atoms. The largest absolute Gasteiger partial charge is 0.420 e. The van der Waals surface area contributed by atoms with Crippen molar-refractivity contribution >= 4 is 17.9 Å². The van der Waals surface area contributed by atoms with Gasteiger partial charge in [0.1, 0.15) is 12.2 Å². The monoisotopic (exact) mass is 675 g/mol. The SMILES string of the molecule is N/N=C(\C=NCCOCCOCCOCCOCCC(=O)Oc1c(F)c(F)c(F)c(F)c1F)CCOC1CC(O)C(O)C(CO)O1. The Bertz CT molecular complexity index is 1110. The van der Waals surface area contributed by atoms with Gasteiger partial charge in [0.15, 0.2) is 6.29 Å². The first-order valence-corrected chi connectivity index (χ1v) is 14.1. The summed E-state index contributed by atoms with van der Waals surface area (Å²) in [5.74, 6) is -8.87. The van der Waals surface area contributed by atoms with Gasteiger partial charge in [-0.3, -0.25) is 9.79 Å². The predicted octanol–water partition coefficient (Wildman–Crippen LogP) is 0.365. The summed E-state index contributed by atoms with van der Waals surface area (Å²) in [4.78, 5) is 15.8. The summed E-state index contributed by atoms with van der Waals surface area (Å²) >= 11 is 0. The van der Waals surface area contributed by atoms with Gasteiger partial charge in [-0.1, -0.05) is 0 Å². The Kier molecular flexibility index (Phi) is 18.6. The lowest BCUT2D eigenvalue weighted by Crippen LogP contribution is -2.50. The summed E-state index contributed by atoms with van der Waals surface area (Å²) in [7, 11) is 0. The van der Waals surface area contributed by atoms with Crippen LogP contribution in [-0.4, -0.2) is 130 Å². The summed E-state index contributed by atoms with van der Waals surface area (Å²) < 4.78 is 103. The Hall–Kier alpha value is -2.88. The average molecular weight is 676 g/mol. The fraction of sp³-hybridized carbons (Fsp3) is 0.667. The predicted molar refractivity (Wildman–Crippen MR) is 148 cm³/mol. The van der Waals surface area contributed by atoms with E-state index in [0.29, 0.717) is 38.5 Å². The molecule has 0 radical (unpaired) electrons. The van der Waals surface area contributed by atoms with E-state index >= 15 is 0 Å². The minimum Gasteiger partial charge on any atom is -0.420 e. The second kappa shape index (κ2) is 21.8. The van der Waals surface area contributed by atoms with Gasteiger partial charge < -0.3 is 54.3 Å². The van der Waals surface area contributed by atoms with Crippen molar-refractivity contribution in [1.29, 1.82) is 0 Å². The standard InChI is InChI=1S/C27H38F5N3O11/c28-21-22(29)24(31)27(25(32)23(21)30)46-19(38)2-4-40-7-9-42-11-12-43-10-8-41-6-3-34-14-16(35-33)1-5-44-20-13-17(37)26(39)18(15-36)45-20/h14,17-18,20,26,36-37,39H,1-13,15,33H2/b34-14?,35-16-. The first-order chi connectivity index (χ1) is 22.1. The first kappa shape index (κ1) is 39.3. The van der Waals surface area contributed by atoms with Crippen LogP contribution < -0.4 is 10.6 Å². The number of carbonyl (C=O) groups is 1. The number of aliphatic hydroxyl groups excluding tert-OH is 3. The highest BCUT2D eigenvalue weighted by molar-refractivity contribution is 6.30. The van der Waals surface area contributed by atoms with Gasteiger partial charge in [0.25, 0.3) is 0 Å². The molecule has 0 aliphatic carbocycles. The molecule has 0 saturated carbocycles. The number of ether oxygens (including phenoxy) is 7. The van der Waals surface area contributed by atoms with E-state index in [0.717, 1.165) is 0 Å². The maximum Gasteiger partial charge on any atom is 0.313 e. The summed E-state index contributed by atoms with van der Waals surface area (Å²) in [5, 5.41) is 32.4. The van der Waals surface area contributed by atoms with Crippen LogP contribution in [0.5, 0.6) is 5.75 Å². The summed E-state index contributed by atoms with van der Waals surface area (Å²) in [5.41, 5.74) is 0.456. The lowest BCUT2D eigenvalue weighted by Gasteiger charge is -2.36. The highest BCUT2D eigenvalue weighted by atomic mass is 19.2. The Labute approximate surface area is 260 Å². The van der Waals surface area contributed by atoms with Crippen molar-refractivity contribution in [3.63, 3.8) is 0 Å². The lowest BCUT2D eigenvalue weighted by atomic mass is 10.0. The van der Waals surface area contributed by atoms with E-state index < -0.39 is 78.4 Å². The van der Waals surface area contributed by atoms with Gasteiger partial charge in [0.2, 0.25) is 34.8 Å². The van der Waals surface area contributed by atoms with E-state index in [9.17, 15) is 42.1 Å². The van der Waals surface area contributed by atoms with Crippen LogP contribution in [-0.2, 0) is 33.2 Å². The molecule has 0 spiro atoms. The van der Waals surface area contributed by atoms with Gasteiger partial charge in [0, 0.05) is 19.1 Å². The van der Waals surface area contributed by atoms with Crippen molar-refractivity contribution in [2.24, 2.45) is 15.9 Å². The van der Waals surface area contributed by atoms with E-state index in [1.807, 2.05) is 0 Å². The zero-order valence-electron chi connectivity index (χ0n) is 24.8. The molecular formula is C27H38F5N3O11. The molecule has 1 fully saturated rings. The number of hydrogen-bond donors (Lipinski definition) is 4. The highest BCUT2D eigenvalue weighted by Crippen LogP contribution is 2.29. The Morgan fingerprint density at radius 2 is 1.37 bits per heavy atom. The second-order valence-electron chi connectivity index (χ2n) is 9.43. The van der Waals surface area contributed by atoms with Crippen molar-refractivity contribution in [2.45, 2.75) is 43.9 Å². The molecule has 0 bridgehead atoms. The van der Waals surface area contributed by atoms with Crippen LogP contribution in [0.15, 0.2) is 10.1 Å². The minimum atomic E-state index is -2.36. The molecule has 0 aromatic heterocycles. The van der Waals surface area contributed by atoms with Gasteiger partial charge in [-0.25, -0.2) is 13.2 Å². The van der Waals surface area contributed by atoms with Gasteiger partial charge >= 0.3 is 5.97 Å². The molecule has 1 aliphatic heterocycles. The summed E-state index contributed by atoms with van der Waals surface area (Å²) in [6.07, 6.45) is -2.63. The number of esters is 1. The molecule has 1 aromatic rings. The van der Waals surface area contributed by atoms with Crippen LogP contribution in [0.4, 0.5) is 22.0 Å². The number of halogens is 5. The van der Waals surface area contributed by atoms with Gasteiger partial charge in [0.05, 0.1) is 90.9 Å². The number of benzene rings is 1. The van der Waals surface area contributed by atoms with E-state index in [4.69, 9.17) is 34.3 Å². The molecular weight excluding hydrogens is 637 g/mol. The average Bonchev–Trinajstić information content (AvgIpc) is 3.05. The highest BCUT2D eigenvalue weighted by Gasteiger charge is 2.36. The molecule has 1 aliphatic rings. The third-order valence-electron chi connectivity index (χ3n) is 6.10. The number of aliphatic hydroxyl groups is 3. The maximum absolute atomic E-state index is 13.5. The molecule has 4 atom stereocenters. The van der Waals surface area contributed by atoms with Crippen LogP contribution in [0, 0.1) is 29.1 Å². The zero-order chi connectivity index (χ0) is 33.9. The number of hydrogen-bond acceptors (Lipinski definition) is 14. The minimum absolute atomic E-state index is 0.0537. The molecule has 2 rings (SSSR count). The molecule has 262 valence electrons. The number of aliphatic imine (C=N–C) groups is 1. The smallest absolute Gasteiger partial charge is 0.313 e. The zero-order valence-corrected chi connectivity index (χ0v) is 24.8. The third-order valence-corrected chi connectivity index (χ3v) is 6.10. The maximum atomic E-state index is 13.5. The number of rotatable bonds is 22. The molecule has 1 heterocycles. The van der Waals surface area contributed by atoms with Crippen LogP contribution in [0.2, 0.25) is 0 Å². The molecule has 5 N–H and O–H groups in total. The number of nitrogens with two attached hydrogens (primary N) is 1. The van der Waals surface area contributed by atoms with Crippen molar-refractivity contribution < 1.29 is 75.2 Å². The molecule has 0 amide bonds. The molecule has 4 unspecified atom stereocenters. The Morgan fingerprint density at radius 1 is 0.826 bits per heavy atom. The molecule has 1 saturated heterocycles. The topological polar surface area (TPSA) is 193 Å². The number of carbonyl (C=O) groups excluding carboxylic acids is 1. The van der Waals surface area contributed by atoms with E-state index in [2.05, 4.69) is 14.8 Å². The van der Waals surface area contributed by atoms with Crippen molar-refractivity contribution in [3.8, 4) is 5.75 Å². The van der Waals surface area contributed by atoms with Crippen LogP contribution in [0.1, 0.15) is 19.3 Å². The van der Waals surface area contributed by atoms with Crippen LogP contribution >= 0.6 is 0 Å². The van der Waals surface area contributed by atoms with E-state index in [-0.39, 0.29) is 46.1 Å².